The van der Waals surface area contributed by atoms with Gasteiger partial charge in [-0.2, -0.15) is 0 Å². The Morgan fingerprint density at radius 3 is 2.65 bits per heavy atom. The van der Waals surface area contributed by atoms with E-state index in [1.165, 1.54) is 0 Å². The predicted octanol–water partition coefficient (Wildman–Crippen LogP) is 2.44. The summed E-state index contributed by atoms with van der Waals surface area (Å²) in [6, 6.07) is 0. The molecule has 0 fully saturated rings. The highest BCUT2D eigenvalue weighted by atomic mass is 16.5. The molecule has 1 heterocycles. The third kappa shape index (κ3) is 4.54. The first-order valence-corrected chi connectivity index (χ1v) is 9.55. The van der Waals surface area contributed by atoms with Crippen LogP contribution in [0.4, 0.5) is 0 Å². The maximum absolute atomic E-state index is 12.9. The highest BCUT2D eigenvalue weighted by molar-refractivity contribution is 6.02. The number of carbonyl (C=O) groups is 2. The molecule has 0 aromatic rings. The molecule has 146 valence electrons. The van der Waals surface area contributed by atoms with E-state index in [2.05, 4.69) is 26.1 Å². The third-order valence-electron chi connectivity index (χ3n) is 4.83. The van der Waals surface area contributed by atoms with Crippen molar-refractivity contribution in [1.82, 2.24) is 5.32 Å². The average Bonchev–Trinajstić information content (AvgIpc) is 2.53. The lowest BCUT2D eigenvalue weighted by atomic mass is 9.69. The van der Waals surface area contributed by atoms with Gasteiger partial charge < -0.3 is 20.5 Å². The Morgan fingerprint density at radius 1 is 1.31 bits per heavy atom. The Labute approximate surface area is 156 Å². The van der Waals surface area contributed by atoms with E-state index in [1.807, 2.05) is 0 Å². The Bertz CT molecular complexity index is 619. The van der Waals surface area contributed by atoms with Crippen LogP contribution in [0.2, 0.25) is 0 Å². The molecular formula is C20H32N2O4. The fourth-order valence-electron chi connectivity index (χ4n) is 3.88. The molecule has 1 aliphatic carbocycles. The van der Waals surface area contributed by atoms with Gasteiger partial charge in [0, 0.05) is 30.2 Å². The number of carbonyl (C=O) groups excluding carboxylic acids is 2. The van der Waals surface area contributed by atoms with Gasteiger partial charge >= 0.3 is 5.97 Å². The highest BCUT2D eigenvalue weighted by Gasteiger charge is 2.42. The van der Waals surface area contributed by atoms with Crippen LogP contribution in [0, 0.1) is 11.3 Å². The van der Waals surface area contributed by atoms with E-state index in [0.717, 1.165) is 30.5 Å². The molecule has 2 rings (SSSR count). The topological polar surface area (TPSA) is 90.6 Å². The molecule has 0 saturated heterocycles. The minimum Gasteiger partial charge on any atom is -0.463 e. The summed E-state index contributed by atoms with van der Waals surface area (Å²) in [4.78, 5) is 25.6. The summed E-state index contributed by atoms with van der Waals surface area (Å²) >= 11 is 0. The second kappa shape index (κ2) is 8.82. The molecule has 0 radical (unpaired) electrons. The summed E-state index contributed by atoms with van der Waals surface area (Å²) in [7, 11) is 0. The Hall–Kier alpha value is -1.66. The number of allylic oxidation sites excluding steroid dienone is 2. The van der Waals surface area contributed by atoms with Crippen LogP contribution in [0.3, 0.4) is 0 Å². The summed E-state index contributed by atoms with van der Waals surface area (Å²) in [6.45, 7) is 9.43. The van der Waals surface area contributed by atoms with Crippen molar-refractivity contribution in [3.05, 3.63) is 22.5 Å². The molecule has 0 aromatic heterocycles. The summed E-state index contributed by atoms with van der Waals surface area (Å²) in [5.41, 5.74) is 8.36. The Balaban J connectivity index is 2.45. The third-order valence-corrected chi connectivity index (χ3v) is 4.83. The van der Waals surface area contributed by atoms with Gasteiger partial charge in [0.15, 0.2) is 5.78 Å². The second-order valence-corrected chi connectivity index (χ2v) is 7.75. The quantitative estimate of drug-likeness (QED) is 0.508. The minimum absolute atomic E-state index is 0.0929. The first-order chi connectivity index (χ1) is 12.3. The molecule has 3 N–H and O–H groups in total. The van der Waals surface area contributed by atoms with Crippen LogP contribution in [-0.4, -0.2) is 38.1 Å². The molecule has 0 amide bonds. The van der Waals surface area contributed by atoms with Crippen molar-refractivity contribution in [2.45, 2.75) is 53.4 Å². The van der Waals surface area contributed by atoms with Crippen LogP contribution in [0.15, 0.2) is 22.5 Å². The van der Waals surface area contributed by atoms with Crippen molar-refractivity contribution >= 4 is 11.8 Å². The Morgan fingerprint density at radius 2 is 2.04 bits per heavy atom. The van der Waals surface area contributed by atoms with Crippen molar-refractivity contribution in [3.63, 3.8) is 0 Å². The molecule has 6 nitrogen and oxygen atoms in total. The van der Waals surface area contributed by atoms with Gasteiger partial charge in [0.1, 0.15) is 0 Å². The number of Topliss-reactive ketones (excluding diaryl/α,β-unsaturated/α-hetero) is 1. The number of rotatable bonds is 8. The van der Waals surface area contributed by atoms with Crippen molar-refractivity contribution in [2.75, 3.05) is 26.4 Å². The van der Waals surface area contributed by atoms with Crippen LogP contribution in [0.5, 0.6) is 0 Å². The number of dihydropyridines is 1. The summed E-state index contributed by atoms with van der Waals surface area (Å²) in [5.74, 6) is -0.463. The van der Waals surface area contributed by atoms with E-state index in [9.17, 15) is 9.59 Å². The SMILES string of the molecule is CCCC1C2=C(CC(C)(C)CC2=O)NC(COCCN)=C1C(=O)OCC. The van der Waals surface area contributed by atoms with E-state index in [1.54, 1.807) is 6.92 Å². The molecule has 0 bridgehead atoms. The van der Waals surface area contributed by atoms with E-state index < -0.39 is 0 Å². The number of hydrogen-bond acceptors (Lipinski definition) is 6. The number of ketones is 1. The lowest BCUT2D eigenvalue weighted by molar-refractivity contribution is -0.139. The van der Waals surface area contributed by atoms with Gasteiger partial charge in [0.05, 0.1) is 31.1 Å². The smallest absolute Gasteiger partial charge is 0.336 e. The molecule has 1 atom stereocenters. The average molecular weight is 364 g/mol. The molecule has 1 unspecified atom stereocenters. The van der Waals surface area contributed by atoms with Gasteiger partial charge in [-0.1, -0.05) is 27.2 Å². The minimum atomic E-state index is -0.367. The van der Waals surface area contributed by atoms with Crippen molar-refractivity contribution in [2.24, 2.45) is 17.1 Å². The largest absolute Gasteiger partial charge is 0.463 e. The first kappa shape index (κ1) is 20.6. The van der Waals surface area contributed by atoms with Gasteiger partial charge in [0.2, 0.25) is 0 Å². The lowest BCUT2D eigenvalue weighted by Crippen LogP contribution is -2.41. The summed E-state index contributed by atoms with van der Waals surface area (Å²) < 4.78 is 10.9. The lowest BCUT2D eigenvalue weighted by Gasteiger charge is -2.39. The van der Waals surface area contributed by atoms with Crippen LogP contribution < -0.4 is 11.1 Å². The van der Waals surface area contributed by atoms with E-state index in [4.69, 9.17) is 15.2 Å². The summed E-state index contributed by atoms with van der Waals surface area (Å²) in [5, 5.41) is 3.35. The van der Waals surface area contributed by atoms with Gasteiger partial charge in [-0.05, 0) is 25.2 Å². The number of esters is 1. The van der Waals surface area contributed by atoms with E-state index in [-0.39, 0.29) is 29.7 Å². The molecule has 0 spiro atoms. The van der Waals surface area contributed by atoms with Crippen molar-refractivity contribution < 1.29 is 19.1 Å². The first-order valence-electron chi connectivity index (χ1n) is 9.55. The summed E-state index contributed by atoms with van der Waals surface area (Å²) in [6.07, 6.45) is 2.90. The molecule has 1 aliphatic heterocycles. The number of ether oxygens (including phenoxy) is 2. The maximum Gasteiger partial charge on any atom is 0.336 e. The number of hydrogen-bond donors (Lipinski definition) is 2. The van der Waals surface area contributed by atoms with Crippen LogP contribution >= 0.6 is 0 Å². The van der Waals surface area contributed by atoms with Gasteiger partial charge in [-0.3, -0.25) is 4.79 Å². The highest BCUT2D eigenvalue weighted by Crippen LogP contribution is 2.44. The van der Waals surface area contributed by atoms with E-state index in [0.29, 0.717) is 37.4 Å². The van der Waals surface area contributed by atoms with Crippen LogP contribution in [-0.2, 0) is 19.1 Å². The van der Waals surface area contributed by atoms with Gasteiger partial charge in [0.25, 0.3) is 0 Å². The zero-order valence-corrected chi connectivity index (χ0v) is 16.4. The molecule has 0 saturated carbocycles. The van der Waals surface area contributed by atoms with Crippen molar-refractivity contribution in [1.29, 1.82) is 0 Å². The van der Waals surface area contributed by atoms with Crippen molar-refractivity contribution in [3.8, 4) is 0 Å². The molecule has 2 aliphatic rings. The maximum atomic E-state index is 12.9. The molecule has 6 heteroatoms. The fraction of sp³-hybridized carbons (Fsp3) is 0.700. The van der Waals surface area contributed by atoms with Crippen LogP contribution in [0.1, 0.15) is 53.4 Å². The fourth-order valence-corrected chi connectivity index (χ4v) is 3.88. The zero-order valence-electron chi connectivity index (χ0n) is 16.4. The monoisotopic (exact) mass is 364 g/mol. The van der Waals surface area contributed by atoms with Gasteiger partial charge in [-0.15, -0.1) is 0 Å². The number of nitrogens with one attached hydrogen (secondary N) is 1. The number of nitrogens with two attached hydrogens (primary N) is 1. The van der Waals surface area contributed by atoms with Gasteiger partial charge in [-0.25, -0.2) is 4.79 Å². The normalized spacial score (nSPS) is 22.2. The second-order valence-electron chi connectivity index (χ2n) is 7.75. The molecular weight excluding hydrogens is 332 g/mol. The zero-order chi connectivity index (χ0) is 19.3. The van der Waals surface area contributed by atoms with E-state index >= 15 is 0 Å². The Kier molecular flexibility index (Phi) is 7.01. The molecule has 26 heavy (non-hydrogen) atoms. The predicted molar refractivity (Wildman–Crippen MR) is 100 cm³/mol. The molecule has 0 aromatic carbocycles. The van der Waals surface area contributed by atoms with Crippen LogP contribution in [0.25, 0.3) is 0 Å². The standard InChI is InChI=1S/C20H32N2O4/c1-5-7-13-17-14(10-20(3,4)11-16(17)23)22-15(12-25-9-8-21)18(13)19(24)26-6-2/h13,22H,5-12,21H2,1-4H3.